The number of phenols is 1. The predicted molar refractivity (Wildman–Crippen MR) is 69.0 cm³/mol. The predicted octanol–water partition coefficient (Wildman–Crippen LogP) is 3.76. The van der Waals surface area contributed by atoms with Crippen LogP contribution in [-0.2, 0) is 0 Å². The summed E-state index contributed by atoms with van der Waals surface area (Å²) in [5.74, 6) is 0.317. The van der Waals surface area contributed by atoms with Crippen molar-refractivity contribution in [3.05, 3.63) is 36.4 Å². The van der Waals surface area contributed by atoms with E-state index in [0.717, 1.165) is 29.4 Å². The summed E-state index contributed by atoms with van der Waals surface area (Å²) in [6.45, 7) is 3.15. The molecule has 0 atom stereocenters. The smallest absolute Gasteiger partial charge is 0.116 e. The van der Waals surface area contributed by atoms with Crippen molar-refractivity contribution in [2.75, 3.05) is 11.9 Å². The molecule has 0 aromatic heterocycles. The Morgan fingerprint density at radius 3 is 2.88 bits per heavy atom. The summed E-state index contributed by atoms with van der Waals surface area (Å²) in [5, 5.41) is 15.1. The van der Waals surface area contributed by atoms with Gasteiger partial charge in [-0.1, -0.05) is 31.5 Å². The molecule has 2 rings (SSSR count). The lowest BCUT2D eigenvalue weighted by molar-refractivity contribution is 0.476. The standard InChI is InChI=1S/C14H17NO/c1-2-3-9-15-14-6-4-5-11-7-8-12(16)10-13(11)14/h4-8,10,15-16H,2-3,9H2,1H3. The zero-order valence-corrected chi connectivity index (χ0v) is 9.53. The molecule has 0 unspecified atom stereocenters. The minimum absolute atomic E-state index is 0.317. The molecule has 2 nitrogen and oxygen atoms in total. The molecule has 2 heteroatoms. The number of phenolic OH excluding ortho intramolecular Hbond substituents is 1. The van der Waals surface area contributed by atoms with Crippen molar-refractivity contribution in [2.24, 2.45) is 0 Å². The molecule has 0 fully saturated rings. The number of benzene rings is 2. The van der Waals surface area contributed by atoms with Gasteiger partial charge in [0.1, 0.15) is 5.75 Å². The van der Waals surface area contributed by atoms with Crippen molar-refractivity contribution >= 4 is 16.5 Å². The van der Waals surface area contributed by atoms with Crippen LogP contribution < -0.4 is 5.32 Å². The van der Waals surface area contributed by atoms with Crippen LogP contribution in [0.3, 0.4) is 0 Å². The third-order valence-electron chi connectivity index (χ3n) is 2.71. The van der Waals surface area contributed by atoms with E-state index in [9.17, 15) is 5.11 Å². The summed E-state index contributed by atoms with van der Waals surface area (Å²) in [6.07, 6.45) is 2.35. The molecule has 0 saturated heterocycles. The lowest BCUT2D eigenvalue weighted by Crippen LogP contribution is -2.00. The summed E-state index contributed by atoms with van der Waals surface area (Å²) < 4.78 is 0. The Hall–Kier alpha value is -1.70. The Morgan fingerprint density at radius 1 is 1.19 bits per heavy atom. The Kier molecular flexibility index (Phi) is 3.30. The summed E-state index contributed by atoms with van der Waals surface area (Å²) in [5.41, 5.74) is 1.10. The van der Waals surface area contributed by atoms with E-state index in [2.05, 4.69) is 24.4 Å². The molecular formula is C14H17NO. The van der Waals surface area contributed by atoms with Gasteiger partial charge in [0.15, 0.2) is 0 Å². The van der Waals surface area contributed by atoms with Crippen LogP contribution >= 0.6 is 0 Å². The molecule has 2 N–H and O–H groups in total. The van der Waals surface area contributed by atoms with Crippen molar-refractivity contribution in [1.82, 2.24) is 0 Å². The van der Waals surface area contributed by atoms with E-state index >= 15 is 0 Å². The monoisotopic (exact) mass is 215 g/mol. The van der Waals surface area contributed by atoms with E-state index in [1.807, 2.05) is 18.2 Å². The molecule has 0 spiro atoms. The van der Waals surface area contributed by atoms with E-state index in [0.29, 0.717) is 5.75 Å². The maximum absolute atomic E-state index is 9.50. The molecule has 16 heavy (non-hydrogen) atoms. The van der Waals surface area contributed by atoms with Crippen LogP contribution in [0.1, 0.15) is 19.8 Å². The quantitative estimate of drug-likeness (QED) is 0.761. The van der Waals surface area contributed by atoms with E-state index in [-0.39, 0.29) is 0 Å². The lowest BCUT2D eigenvalue weighted by Gasteiger charge is -2.09. The highest BCUT2D eigenvalue weighted by molar-refractivity contribution is 5.94. The van der Waals surface area contributed by atoms with Gasteiger partial charge in [0.2, 0.25) is 0 Å². The highest BCUT2D eigenvalue weighted by Crippen LogP contribution is 2.26. The maximum Gasteiger partial charge on any atom is 0.116 e. The van der Waals surface area contributed by atoms with Gasteiger partial charge in [-0.25, -0.2) is 0 Å². The van der Waals surface area contributed by atoms with Gasteiger partial charge in [-0.15, -0.1) is 0 Å². The van der Waals surface area contributed by atoms with Gasteiger partial charge in [-0.05, 0) is 30.0 Å². The summed E-state index contributed by atoms with van der Waals surface area (Å²) in [6, 6.07) is 11.6. The van der Waals surface area contributed by atoms with Gasteiger partial charge in [-0.3, -0.25) is 0 Å². The van der Waals surface area contributed by atoms with Gasteiger partial charge >= 0.3 is 0 Å². The largest absolute Gasteiger partial charge is 0.508 e. The summed E-state index contributed by atoms with van der Waals surface area (Å²) >= 11 is 0. The second kappa shape index (κ2) is 4.88. The molecule has 0 amide bonds. The number of unbranched alkanes of at least 4 members (excludes halogenated alkanes) is 1. The second-order valence-corrected chi connectivity index (χ2v) is 3.99. The van der Waals surface area contributed by atoms with Crippen molar-refractivity contribution < 1.29 is 5.11 Å². The van der Waals surface area contributed by atoms with Gasteiger partial charge < -0.3 is 10.4 Å². The van der Waals surface area contributed by atoms with Gasteiger partial charge in [0, 0.05) is 17.6 Å². The molecule has 0 saturated carbocycles. The first-order valence-electron chi connectivity index (χ1n) is 5.77. The van der Waals surface area contributed by atoms with Crippen molar-refractivity contribution in [1.29, 1.82) is 0 Å². The highest BCUT2D eigenvalue weighted by atomic mass is 16.3. The maximum atomic E-state index is 9.50. The van der Waals surface area contributed by atoms with E-state index < -0.39 is 0 Å². The SMILES string of the molecule is CCCCNc1cccc2ccc(O)cc12. The molecule has 84 valence electrons. The molecule has 0 aliphatic heterocycles. The fourth-order valence-electron chi connectivity index (χ4n) is 1.81. The summed E-state index contributed by atoms with van der Waals surface area (Å²) in [4.78, 5) is 0. The summed E-state index contributed by atoms with van der Waals surface area (Å²) in [7, 11) is 0. The molecule has 0 aliphatic carbocycles. The number of fused-ring (bicyclic) bond motifs is 1. The van der Waals surface area contributed by atoms with E-state index in [4.69, 9.17) is 0 Å². The van der Waals surface area contributed by atoms with Gasteiger partial charge in [-0.2, -0.15) is 0 Å². The number of nitrogens with one attached hydrogen (secondary N) is 1. The van der Waals surface area contributed by atoms with Crippen LogP contribution in [0.4, 0.5) is 5.69 Å². The van der Waals surface area contributed by atoms with Crippen molar-refractivity contribution in [3.8, 4) is 5.75 Å². The second-order valence-electron chi connectivity index (χ2n) is 3.99. The van der Waals surface area contributed by atoms with Crippen LogP contribution in [0.2, 0.25) is 0 Å². The number of anilines is 1. The van der Waals surface area contributed by atoms with Crippen molar-refractivity contribution in [2.45, 2.75) is 19.8 Å². The normalized spacial score (nSPS) is 10.6. The van der Waals surface area contributed by atoms with Crippen molar-refractivity contribution in [3.63, 3.8) is 0 Å². The lowest BCUT2D eigenvalue weighted by atomic mass is 10.1. The average Bonchev–Trinajstić information content (AvgIpc) is 2.30. The zero-order chi connectivity index (χ0) is 11.4. The molecule has 0 aliphatic rings. The first-order valence-corrected chi connectivity index (χ1v) is 5.77. The molecule has 0 heterocycles. The number of hydrogen-bond acceptors (Lipinski definition) is 2. The average molecular weight is 215 g/mol. The minimum atomic E-state index is 0.317. The zero-order valence-electron chi connectivity index (χ0n) is 9.53. The number of rotatable bonds is 4. The van der Waals surface area contributed by atoms with Gasteiger partial charge in [0.05, 0.1) is 0 Å². The van der Waals surface area contributed by atoms with E-state index in [1.165, 1.54) is 6.42 Å². The Morgan fingerprint density at radius 2 is 2.06 bits per heavy atom. The topological polar surface area (TPSA) is 32.3 Å². The molecule has 0 radical (unpaired) electrons. The molecule has 2 aromatic carbocycles. The van der Waals surface area contributed by atoms with Crippen LogP contribution in [0.15, 0.2) is 36.4 Å². The Balaban J connectivity index is 2.32. The fourth-order valence-corrected chi connectivity index (χ4v) is 1.81. The van der Waals surface area contributed by atoms with Crippen LogP contribution in [-0.4, -0.2) is 11.7 Å². The number of hydrogen-bond donors (Lipinski definition) is 2. The Bertz CT molecular complexity index is 479. The molecular weight excluding hydrogens is 198 g/mol. The minimum Gasteiger partial charge on any atom is -0.508 e. The first-order chi connectivity index (χ1) is 7.81. The number of aromatic hydroxyl groups is 1. The van der Waals surface area contributed by atoms with E-state index in [1.54, 1.807) is 6.07 Å². The van der Waals surface area contributed by atoms with Crippen LogP contribution in [0.25, 0.3) is 10.8 Å². The Labute approximate surface area is 95.9 Å². The first kappa shape index (κ1) is 10.8. The van der Waals surface area contributed by atoms with Crippen LogP contribution in [0.5, 0.6) is 5.75 Å². The molecule has 2 aromatic rings. The van der Waals surface area contributed by atoms with Crippen LogP contribution in [0, 0.1) is 0 Å². The highest BCUT2D eigenvalue weighted by Gasteiger charge is 2.00. The third-order valence-corrected chi connectivity index (χ3v) is 2.71. The van der Waals surface area contributed by atoms with Gasteiger partial charge in [0.25, 0.3) is 0 Å². The fraction of sp³-hybridized carbons (Fsp3) is 0.286. The molecule has 0 bridgehead atoms. The third kappa shape index (κ3) is 2.27.